The highest BCUT2D eigenvalue weighted by molar-refractivity contribution is 7.90. The summed E-state index contributed by atoms with van der Waals surface area (Å²) in [6, 6.07) is 20.4. The Kier molecular flexibility index (Phi) is 5.89. The molecule has 0 fully saturated rings. The van der Waals surface area contributed by atoms with Crippen molar-refractivity contribution in [2.75, 3.05) is 12.3 Å². The van der Waals surface area contributed by atoms with Crippen molar-refractivity contribution in [3.05, 3.63) is 107 Å². The van der Waals surface area contributed by atoms with E-state index in [0.717, 1.165) is 4.90 Å². The molecule has 1 aliphatic rings. The molecule has 0 saturated heterocycles. The van der Waals surface area contributed by atoms with Crippen molar-refractivity contribution < 1.29 is 27.6 Å². The molecule has 4 rings (SSSR count). The van der Waals surface area contributed by atoms with Crippen LogP contribution in [0.3, 0.4) is 0 Å². The van der Waals surface area contributed by atoms with E-state index in [9.17, 15) is 27.6 Å². The largest absolute Gasteiger partial charge is 0.289 e. The van der Waals surface area contributed by atoms with Crippen molar-refractivity contribution in [1.82, 2.24) is 9.62 Å². The summed E-state index contributed by atoms with van der Waals surface area (Å²) in [7, 11) is -4.13. The molecule has 0 aliphatic carbocycles. The minimum atomic E-state index is -4.13. The van der Waals surface area contributed by atoms with Crippen molar-refractivity contribution in [3.8, 4) is 0 Å². The minimum Gasteiger partial charge on any atom is -0.289 e. The van der Waals surface area contributed by atoms with Gasteiger partial charge in [0.05, 0.1) is 16.9 Å². The van der Waals surface area contributed by atoms with E-state index in [4.69, 9.17) is 0 Å². The van der Waals surface area contributed by atoms with E-state index < -0.39 is 33.5 Å². The molecule has 3 amide bonds. The van der Waals surface area contributed by atoms with Crippen LogP contribution < -0.4 is 4.72 Å². The summed E-state index contributed by atoms with van der Waals surface area (Å²) >= 11 is 0. The SMILES string of the molecule is O=C(NS(=O)(=O)CCN1C(=O)c2ccccc2C1=O)c1ccc(C(=O)c2ccccc2)cc1. The molecule has 0 bridgehead atoms. The predicted octanol–water partition coefficient (Wildman–Crippen LogP) is 2.27. The van der Waals surface area contributed by atoms with Gasteiger partial charge in [-0.1, -0.05) is 54.6 Å². The molecule has 9 heteroatoms. The van der Waals surface area contributed by atoms with Crippen LogP contribution >= 0.6 is 0 Å². The number of rotatable bonds is 7. The Balaban J connectivity index is 1.38. The number of benzene rings is 3. The maximum Gasteiger partial charge on any atom is 0.264 e. The van der Waals surface area contributed by atoms with Gasteiger partial charge in [-0.05, 0) is 24.3 Å². The van der Waals surface area contributed by atoms with Crippen LogP contribution in [0, 0.1) is 0 Å². The number of ketones is 1. The van der Waals surface area contributed by atoms with Gasteiger partial charge >= 0.3 is 0 Å². The fraction of sp³-hybridized carbons (Fsp3) is 0.0833. The minimum absolute atomic E-state index is 0.0453. The number of carbonyl (C=O) groups excluding carboxylic acids is 4. The van der Waals surface area contributed by atoms with Gasteiger partial charge in [-0.25, -0.2) is 13.1 Å². The number of sulfonamides is 1. The average molecular weight is 462 g/mol. The molecule has 0 unspecified atom stereocenters. The zero-order valence-corrected chi connectivity index (χ0v) is 18.0. The molecule has 33 heavy (non-hydrogen) atoms. The molecule has 1 aliphatic heterocycles. The first kappa shape index (κ1) is 22.1. The summed E-state index contributed by atoms with van der Waals surface area (Å²) in [5, 5.41) is 0. The second-order valence-electron chi connectivity index (χ2n) is 7.33. The average Bonchev–Trinajstić information content (AvgIpc) is 3.07. The zero-order valence-electron chi connectivity index (χ0n) is 17.2. The zero-order chi connectivity index (χ0) is 23.6. The van der Waals surface area contributed by atoms with Crippen LogP contribution in [0.15, 0.2) is 78.9 Å². The molecule has 3 aromatic rings. The summed E-state index contributed by atoms with van der Waals surface area (Å²) in [4.78, 5) is 50.4. The third kappa shape index (κ3) is 4.58. The molecule has 0 saturated carbocycles. The van der Waals surface area contributed by atoms with Gasteiger partial charge in [0.2, 0.25) is 10.0 Å². The van der Waals surface area contributed by atoms with Crippen LogP contribution in [-0.4, -0.2) is 49.1 Å². The Morgan fingerprint density at radius 1 is 0.697 bits per heavy atom. The number of nitrogens with one attached hydrogen (secondary N) is 1. The van der Waals surface area contributed by atoms with E-state index in [1.54, 1.807) is 42.5 Å². The normalized spacial score (nSPS) is 13.0. The van der Waals surface area contributed by atoms with Crippen LogP contribution in [0.2, 0.25) is 0 Å². The molecular weight excluding hydrogens is 444 g/mol. The second-order valence-corrected chi connectivity index (χ2v) is 9.17. The molecule has 0 aromatic heterocycles. The maximum absolute atomic E-state index is 12.4. The Labute approximate surface area is 189 Å². The summed E-state index contributed by atoms with van der Waals surface area (Å²) in [6.07, 6.45) is 0. The van der Waals surface area contributed by atoms with Crippen molar-refractivity contribution >= 4 is 33.5 Å². The van der Waals surface area contributed by atoms with Gasteiger partial charge in [0.15, 0.2) is 5.78 Å². The van der Waals surface area contributed by atoms with E-state index in [1.165, 1.54) is 36.4 Å². The molecule has 1 heterocycles. The lowest BCUT2D eigenvalue weighted by atomic mass is 10.0. The number of fused-ring (bicyclic) bond motifs is 1. The molecule has 166 valence electrons. The number of amides is 3. The van der Waals surface area contributed by atoms with Crippen LogP contribution in [0.25, 0.3) is 0 Å². The van der Waals surface area contributed by atoms with E-state index >= 15 is 0 Å². The van der Waals surface area contributed by atoms with Crippen molar-refractivity contribution in [1.29, 1.82) is 0 Å². The van der Waals surface area contributed by atoms with Crippen LogP contribution in [0.4, 0.5) is 0 Å². The molecule has 0 atom stereocenters. The third-order valence-corrected chi connectivity index (χ3v) is 6.37. The lowest BCUT2D eigenvalue weighted by molar-refractivity contribution is 0.0663. The number of hydrogen-bond donors (Lipinski definition) is 1. The first-order chi connectivity index (χ1) is 15.8. The molecule has 8 nitrogen and oxygen atoms in total. The van der Waals surface area contributed by atoms with Crippen molar-refractivity contribution in [3.63, 3.8) is 0 Å². The summed E-state index contributed by atoms with van der Waals surface area (Å²) in [6.45, 7) is -0.389. The summed E-state index contributed by atoms with van der Waals surface area (Å²) in [5.41, 5.74) is 1.32. The number of hydrogen-bond acceptors (Lipinski definition) is 6. The van der Waals surface area contributed by atoms with Gasteiger partial charge in [0, 0.05) is 23.2 Å². The number of carbonyl (C=O) groups is 4. The topological polar surface area (TPSA) is 118 Å². The summed E-state index contributed by atoms with van der Waals surface area (Å²) < 4.78 is 26.7. The Morgan fingerprint density at radius 3 is 1.76 bits per heavy atom. The van der Waals surface area contributed by atoms with Gasteiger partial charge in [-0.3, -0.25) is 24.1 Å². The Bertz CT molecular complexity index is 1330. The molecule has 0 radical (unpaired) electrons. The standard InChI is InChI=1S/C24H18N2O6S/c27-21(16-6-2-1-3-7-16)17-10-12-18(13-11-17)22(28)25-33(31,32)15-14-26-23(29)19-8-4-5-9-20(19)24(26)30/h1-13H,14-15H2,(H,25,28). The Hall–Kier alpha value is -4.11. The van der Waals surface area contributed by atoms with Gasteiger partial charge in [-0.2, -0.15) is 0 Å². The molecule has 0 spiro atoms. The highest BCUT2D eigenvalue weighted by Crippen LogP contribution is 2.22. The first-order valence-corrected chi connectivity index (χ1v) is 11.6. The van der Waals surface area contributed by atoms with Gasteiger partial charge in [-0.15, -0.1) is 0 Å². The van der Waals surface area contributed by atoms with E-state index in [2.05, 4.69) is 0 Å². The highest BCUT2D eigenvalue weighted by atomic mass is 32.2. The maximum atomic E-state index is 12.4. The summed E-state index contributed by atoms with van der Waals surface area (Å²) in [5.74, 6) is -2.88. The first-order valence-electron chi connectivity index (χ1n) is 9.97. The second kappa shape index (κ2) is 8.79. The van der Waals surface area contributed by atoms with E-state index in [-0.39, 0.29) is 29.0 Å². The predicted molar refractivity (Wildman–Crippen MR) is 119 cm³/mol. The van der Waals surface area contributed by atoms with Crippen molar-refractivity contribution in [2.45, 2.75) is 0 Å². The fourth-order valence-electron chi connectivity index (χ4n) is 3.43. The molecular formula is C24H18N2O6S. The lowest BCUT2D eigenvalue weighted by Gasteiger charge is -2.14. The van der Waals surface area contributed by atoms with Gasteiger partial charge < -0.3 is 0 Å². The molecule has 1 N–H and O–H groups in total. The quantitative estimate of drug-likeness (QED) is 0.425. The smallest absolute Gasteiger partial charge is 0.264 e. The third-order valence-electron chi connectivity index (χ3n) is 5.16. The van der Waals surface area contributed by atoms with Crippen LogP contribution in [0.5, 0.6) is 0 Å². The monoisotopic (exact) mass is 462 g/mol. The Morgan fingerprint density at radius 2 is 1.18 bits per heavy atom. The van der Waals surface area contributed by atoms with Gasteiger partial charge in [0.25, 0.3) is 17.7 Å². The van der Waals surface area contributed by atoms with Crippen LogP contribution in [0.1, 0.15) is 47.0 Å². The van der Waals surface area contributed by atoms with Crippen molar-refractivity contribution in [2.24, 2.45) is 0 Å². The molecule has 3 aromatic carbocycles. The van der Waals surface area contributed by atoms with E-state index in [1.807, 2.05) is 4.72 Å². The van der Waals surface area contributed by atoms with Crippen LogP contribution in [-0.2, 0) is 10.0 Å². The highest BCUT2D eigenvalue weighted by Gasteiger charge is 2.35. The number of nitrogens with zero attached hydrogens (tertiary/aromatic N) is 1. The fourth-order valence-corrected chi connectivity index (χ4v) is 4.36. The lowest BCUT2D eigenvalue weighted by Crippen LogP contribution is -2.39. The van der Waals surface area contributed by atoms with Gasteiger partial charge in [0.1, 0.15) is 0 Å². The number of imide groups is 1. The van der Waals surface area contributed by atoms with E-state index in [0.29, 0.717) is 11.1 Å².